The standard InChI is InChI=1S/C21H25F6NO3/c1-3-4-5-6-7-8-9-17(19(30)31-2)28-18(29)12-14-10-15(20(22,23)24)13-16(11-14)21(25,26)27/h3,10-11,13,17H,1,4-9,12H2,2H3,(H,28,29)/t17-/m0/s1. The van der Waals surface area contributed by atoms with Gasteiger partial charge in [0, 0.05) is 0 Å². The molecule has 0 aliphatic rings. The van der Waals surface area contributed by atoms with E-state index in [9.17, 15) is 35.9 Å². The number of halogens is 6. The number of methoxy groups -OCH3 is 1. The van der Waals surface area contributed by atoms with Crippen LogP contribution in [0.4, 0.5) is 26.3 Å². The average molecular weight is 453 g/mol. The molecule has 0 spiro atoms. The highest BCUT2D eigenvalue weighted by Crippen LogP contribution is 2.36. The van der Waals surface area contributed by atoms with Crippen molar-refractivity contribution in [2.45, 2.75) is 63.3 Å². The molecule has 0 heterocycles. The summed E-state index contributed by atoms with van der Waals surface area (Å²) >= 11 is 0. The number of amides is 1. The summed E-state index contributed by atoms with van der Waals surface area (Å²) in [7, 11) is 1.12. The predicted molar refractivity (Wildman–Crippen MR) is 102 cm³/mol. The van der Waals surface area contributed by atoms with Crippen molar-refractivity contribution in [2.75, 3.05) is 7.11 Å². The Kier molecular flexibility index (Phi) is 10.1. The fourth-order valence-electron chi connectivity index (χ4n) is 2.93. The van der Waals surface area contributed by atoms with Gasteiger partial charge in [0.2, 0.25) is 5.91 Å². The second-order valence-corrected chi connectivity index (χ2v) is 7.01. The van der Waals surface area contributed by atoms with Gasteiger partial charge in [0.1, 0.15) is 6.04 Å². The number of allylic oxidation sites excluding steroid dienone is 1. The highest BCUT2D eigenvalue weighted by molar-refractivity contribution is 5.85. The van der Waals surface area contributed by atoms with E-state index in [1.807, 2.05) is 0 Å². The zero-order valence-corrected chi connectivity index (χ0v) is 17.0. The number of ether oxygens (including phenoxy) is 1. The molecule has 31 heavy (non-hydrogen) atoms. The van der Waals surface area contributed by atoms with Gasteiger partial charge in [-0.15, -0.1) is 6.58 Å². The van der Waals surface area contributed by atoms with Gasteiger partial charge in [-0.2, -0.15) is 26.3 Å². The highest BCUT2D eigenvalue weighted by atomic mass is 19.4. The van der Waals surface area contributed by atoms with Crippen molar-refractivity contribution >= 4 is 11.9 Å². The van der Waals surface area contributed by atoms with Crippen molar-refractivity contribution in [3.8, 4) is 0 Å². The van der Waals surface area contributed by atoms with Crippen LogP contribution in [0.2, 0.25) is 0 Å². The zero-order valence-electron chi connectivity index (χ0n) is 17.0. The topological polar surface area (TPSA) is 55.4 Å². The number of benzene rings is 1. The van der Waals surface area contributed by atoms with E-state index in [2.05, 4.69) is 16.6 Å². The summed E-state index contributed by atoms with van der Waals surface area (Å²) < 4.78 is 82.3. The summed E-state index contributed by atoms with van der Waals surface area (Å²) in [6.45, 7) is 3.61. The molecule has 1 atom stereocenters. The van der Waals surface area contributed by atoms with Gasteiger partial charge in [-0.3, -0.25) is 4.79 Å². The minimum Gasteiger partial charge on any atom is -0.467 e. The van der Waals surface area contributed by atoms with E-state index in [0.717, 1.165) is 32.8 Å². The molecular formula is C21H25F6NO3. The molecule has 0 fully saturated rings. The molecule has 1 aromatic rings. The van der Waals surface area contributed by atoms with Crippen molar-refractivity contribution in [2.24, 2.45) is 0 Å². The molecule has 1 aromatic carbocycles. The Morgan fingerprint density at radius 3 is 2.03 bits per heavy atom. The maximum absolute atomic E-state index is 13.0. The maximum atomic E-state index is 13.0. The number of carbonyl (C=O) groups is 2. The molecule has 174 valence electrons. The summed E-state index contributed by atoms with van der Waals surface area (Å²) in [6, 6.07) is -0.0708. The summed E-state index contributed by atoms with van der Waals surface area (Å²) in [5, 5.41) is 2.34. The van der Waals surface area contributed by atoms with Crippen LogP contribution in [-0.2, 0) is 33.1 Å². The minimum atomic E-state index is -5.01. The van der Waals surface area contributed by atoms with Crippen LogP contribution < -0.4 is 5.32 Å². The molecule has 0 saturated heterocycles. The fourth-order valence-corrected chi connectivity index (χ4v) is 2.93. The first kappa shape index (κ1) is 26.5. The molecule has 4 nitrogen and oxygen atoms in total. The van der Waals surface area contributed by atoms with Crippen LogP contribution in [0.15, 0.2) is 30.9 Å². The van der Waals surface area contributed by atoms with Crippen molar-refractivity contribution in [1.29, 1.82) is 0 Å². The number of hydrogen-bond donors (Lipinski definition) is 1. The quantitative estimate of drug-likeness (QED) is 0.210. The molecule has 0 bridgehead atoms. The molecule has 1 rings (SSSR count). The van der Waals surface area contributed by atoms with Crippen LogP contribution in [0.1, 0.15) is 55.2 Å². The zero-order chi connectivity index (χ0) is 23.7. The third-order valence-electron chi connectivity index (χ3n) is 4.48. The Bertz CT molecular complexity index is 726. The van der Waals surface area contributed by atoms with Crippen LogP contribution in [0, 0.1) is 0 Å². The van der Waals surface area contributed by atoms with Crippen LogP contribution in [-0.4, -0.2) is 25.0 Å². The van der Waals surface area contributed by atoms with Crippen LogP contribution in [0.3, 0.4) is 0 Å². The number of rotatable bonds is 11. The van der Waals surface area contributed by atoms with Crippen LogP contribution in [0.5, 0.6) is 0 Å². The number of nitrogens with one attached hydrogen (secondary N) is 1. The first-order valence-corrected chi connectivity index (χ1v) is 9.65. The average Bonchev–Trinajstić information content (AvgIpc) is 2.67. The van der Waals surface area contributed by atoms with E-state index in [1.54, 1.807) is 6.08 Å². The van der Waals surface area contributed by atoms with Crippen molar-refractivity contribution in [3.63, 3.8) is 0 Å². The van der Waals surface area contributed by atoms with E-state index in [-0.39, 0.29) is 12.5 Å². The molecule has 0 radical (unpaired) electrons. The number of hydrogen-bond acceptors (Lipinski definition) is 3. The van der Waals surface area contributed by atoms with Crippen molar-refractivity contribution in [3.05, 3.63) is 47.5 Å². The Balaban J connectivity index is 2.86. The Labute approximate surface area is 176 Å². The summed E-state index contributed by atoms with van der Waals surface area (Å²) in [4.78, 5) is 24.1. The summed E-state index contributed by atoms with van der Waals surface area (Å²) in [6.07, 6.45) is -4.71. The molecule has 10 heteroatoms. The lowest BCUT2D eigenvalue weighted by Gasteiger charge is -2.17. The van der Waals surface area contributed by atoms with Gasteiger partial charge in [0.05, 0.1) is 24.7 Å². The van der Waals surface area contributed by atoms with Gasteiger partial charge in [0.15, 0.2) is 0 Å². The van der Waals surface area contributed by atoms with Crippen molar-refractivity contribution in [1.82, 2.24) is 5.32 Å². The third-order valence-corrected chi connectivity index (χ3v) is 4.48. The van der Waals surface area contributed by atoms with Gasteiger partial charge in [-0.25, -0.2) is 4.79 Å². The van der Waals surface area contributed by atoms with E-state index in [4.69, 9.17) is 0 Å². The fraction of sp³-hybridized carbons (Fsp3) is 0.524. The molecule has 0 unspecified atom stereocenters. The molecule has 0 aliphatic heterocycles. The number of alkyl halides is 6. The molecule has 0 aromatic heterocycles. The largest absolute Gasteiger partial charge is 0.467 e. The molecule has 0 saturated carbocycles. The van der Waals surface area contributed by atoms with Crippen LogP contribution in [0.25, 0.3) is 0 Å². The molecule has 1 N–H and O–H groups in total. The second kappa shape index (κ2) is 11.8. The van der Waals surface area contributed by atoms with E-state index < -0.39 is 53.4 Å². The van der Waals surface area contributed by atoms with Gasteiger partial charge in [0.25, 0.3) is 0 Å². The molecule has 0 aliphatic carbocycles. The Morgan fingerprint density at radius 2 is 1.55 bits per heavy atom. The lowest BCUT2D eigenvalue weighted by Crippen LogP contribution is -2.42. The van der Waals surface area contributed by atoms with Crippen LogP contribution >= 0.6 is 0 Å². The van der Waals surface area contributed by atoms with Gasteiger partial charge >= 0.3 is 18.3 Å². The first-order valence-electron chi connectivity index (χ1n) is 9.65. The van der Waals surface area contributed by atoms with Gasteiger partial charge in [-0.05, 0) is 43.0 Å². The number of carbonyl (C=O) groups excluding carboxylic acids is 2. The number of esters is 1. The highest BCUT2D eigenvalue weighted by Gasteiger charge is 2.37. The van der Waals surface area contributed by atoms with E-state index >= 15 is 0 Å². The number of unbranched alkanes of at least 4 members (excludes halogenated alkanes) is 4. The van der Waals surface area contributed by atoms with E-state index in [0.29, 0.717) is 18.6 Å². The smallest absolute Gasteiger partial charge is 0.416 e. The molecule has 1 amide bonds. The lowest BCUT2D eigenvalue weighted by atomic mass is 10.0. The SMILES string of the molecule is C=CCCCCCC[C@H](NC(=O)Cc1cc(C(F)(F)F)cc(C(F)(F)F)c1)C(=O)OC. The Morgan fingerprint density at radius 1 is 1.00 bits per heavy atom. The normalized spacial score (nSPS) is 12.9. The monoisotopic (exact) mass is 453 g/mol. The Hall–Kier alpha value is -2.52. The van der Waals surface area contributed by atoms with Gasteiger partial charge in [-0.1, -0.05) is 25.3 Å². The molecular weight excluding hydrogens is 428 g/mol. The van der Waals surface area contributed by atoms with Crippen molar-refractivity contribution < 1.29 is 40.7 Å². The first-order chi connectivity index (χ1) is 14.4. The summed E-state index contributed by atoms with van der Waals surface area (Å²) in [5.41, 5.74) is -3.48. The summed E-state index contributed by atoms with van der Waals surface area (Å²) in [5.74, 6) is -1.62. The maximum Gasteiger partial charge on any atom is 0.416 e. The third kappa shape index (κ3) is 9.44. The lowest BCUT2D eigenvalue weighted by molar-refractivity contribution is -0.145. The minimum absolute atomic E-state index is 0.00891. The van der Waals surface area contributed by atoms with Gasteiger partial charge < -0.3 is 10.1 Å². The predicted octanol–water partition coefficient (Wildman–Crippen LogP) is 5.45. The van der Waals surface area contributed by atoms with E-state index in [1.165, 1.54) is 0 Å². The second-order valence-electron chi connectivity index (χ2n) is 7.01.